The third kappa shape index (κ3) is 7.72. The molecule has 1 aliphatic rings. The van der Waals surface area contributed by atoms with E-state index in [1.807, 2.05) is 6.08 Å². The molecule has 0 spiro atoms. The number of hydrogen-bond donors (Lipinski definition) is 3. The van der Waals surface area contributed by atoms with Gasteiger partial charge >= 0.3 is 5.97 Å². The van der Waals surface area contributed by atoms with Gasteiger partial charge in [0.1, 0.15) is 0 Å². The van der Waals surface area contributed by atoms with Crippen LogP contribution in [0.4, 0.5) is 0 Å². The van der Waals surface area contributed by atoms with Crippen molar-refractivity contribution in [3.05, 3.63) is 108 Å². The average Bonchev–Trinajstić information content (AvgIpc) is 3.58. The molecule has 7 heteroatoms. The number of aliphatic hydroxyl groups excluding tert-OH is 2. The van der Waals surface area contributed by atoms with Gasteiger partial charge in [-0.15, -0.1) is 11.3 Å². The van der Waals surface area contributed by atoms with Crippen molar-refractivity contribution in [2.45, 2.75) is 89.1 Å². The molecule has 244 valence electrons. The van der Waals surface area contributed by atoms with Crippen LogP contribution in [0.1, 0.15) is 76.7 Å². The summed E-state index contributed by atoms with van der Waals surface area (Å²) in [6.45, 7) is 6.91. The second-order valence-corrected chi connectivity index (χ2v) is 19.1. The zero-order valence-electron chi connectivity index (χ0n) is 27.2. The van der Waals surface area contributed by atoms with Gasteiger partial charge in [0.25, 0.3) is 8.32 Å². The Balaban J connectivity index is 1.48. The van der Waals surface area contributed by atoms with Crippen LogP contribution in [0.5, 0.6) is 0 Å². The topological polar surface area (TPSA) is 87.0 Å². The Morgan fingerprint density at radius 2 is 1.52 bits per heavy atom. The minimum atomic E-state index is -2.87. The first-order chi connectivity index (χ1) is 22.1. The minimum Gasteiger partial charge on any atom is -0.481 e. The maximum Gasteiger partial charge on any atom is 0.303 e. The van der Waals surface area contributed by atoms with Gasteiger partial charge in [0, 0.05) is 16.0 Å². The SMILES string of the molecule is CC(C)(C)[Si](O[C@H](CC[C@@H]1[C@@H](CC=CCCCC(=O)O)[C@@H](O)C[C@H]1O)c1cc2ccccc2s1)(c1ccccc1)c1ccccc1. The molecule has 0 unspecified atom stereocenters. The number of allylic oxidation sites excluding steroid dienone is 2. The monoisotopic (exact) mass is 656 g/mol. The van der Waals surface area contributed by atoms with Gasteiger partial charge in [-0.25, -0.2) is 0 Å². The number of fused-ring (bicyclic) bond motifs is 1. The molecule has 1 heterocycles. The molecule has 3 N–H and O–H groups in total. The number of carbonyl (C=O) groups is 1. The Bertz CT molecular complexity index is 1510. The fourth-order valence-corrected chi connectivity index (χ4v) is 13.2. The first-order valence-electron chi connectivity index (χ1n) is 16.6. The van der Waals surface area contributed by atoms with E-state index in [1.165, 1.54) is 25.3 Å². The minimum absolute atomic E-state index is 0.0540. The Morgan fingerprint density at radius 3 is 2.13 bits per heavy atom. The van der Waals surface area contributed by atoms with Crippen LogP contribution in [0.3, 0.4) is 0 Å². The van der Waals surface area contributed by atoms with Gasteiger partial charge in [-0.1, -0.05) is 112 Å². The van der Waals surface area contributed by atoms with Gasteiger partial charge in [-0.2, -0.15) is 0 Å². The molecule has 3 aromatic carbocycles. The smallest absolute Gasteiger partial charge is 0.303 e. The van der Waals surface area contributed by atoms with Crippen molar-refractivity contribution in [3.8, 4) is 0 Å². The number of thiophene rings is 1. The van der Waals surface area contributed by atoms with E-state index in [0.717, 1.165) is 12.8 Å². The fourth-order valence-electron chi connectivity index (χ4n) is 7.32. The van der Waals surface area contributed by atoms with E-state index in [2.05, 4.69) is 118 Å². The summed E-state index contributed by atoms with van der Waals surface area (Å²) in [5.74, 6) is -0.892. The van der Waals surface area contributed by atoms with Crippen LogP contribution in [-0.4, -0.2) is 41.8 Å². The average molecular weight is 657 g/mol. The lowest BCUT2D eigenvalue weighted by Crippen LogP contribution is -2.66. The van der Waals surface area contributed by atoms with Gasteiger partial charge in [0.05, 0.1) is 18.3 Å². The number of aliphatic carboxylic acids is 1. The van der Waals surface area contributed by atoms with Crippen molar-refractivity contribution >= 4 is 46.1 Å². The molecule has 46 heavy (non-hydrogen) atoms. The molecule has 0 bridgehead atoms. The molecule has 1 saturated carbocycles. The highest BCUT2D eigenvalue weighted by atomic mass is 32.1. The van der Waals surface area contributed by atoms with Gasteiger partial charge in [-0.05, 0) is 83.3 Å². The quantitative estimate of drug-likeness (QED) is 0.0731. The molecule has 5 nitrogen and oxygen atoms in total. The summed E-state index contributed by atoms with van der Waals surface area (Å²) in [6, 6.07) is 32.2. The van der Waals surface area contributed by atoms with Crippen molar-refractivity contribution < 1.29 is 24.5 Å². The van der Waals surface area contributed by atoms with Crippen LogP contribution in [0, 0.1) is 11.8 Å². The molecule has 4 aromatic rings. The summed E-state index contributed by atoms with van der Waals surface area (Å²) < 4.78 is 8.97. The number of rotatable bonds is 14. The zero-order valence-corrected chi connectivity index (χ0v) is 29.0. The summed E-state index contributed by atoms with van der Waals surface area (Å²) in [5.41, 5.74) is 0. The number of aliphatic hydroxyl groups is 2. The molecule has 0 saturated heterocycles. The van der Waals surface area contributed by atoms with E-state index < -0.39 is 26.5 Å². The predicted octanol–water partition coefficient (Wildman–Crippen LogP) is 7.86. The Hall–Kier alpha value is -3.07. The van der Waals surface area contributed by atoms with Crippen LogP contribution in [-0.2, 0) is 9.22 Å². The van der Waals surface area contributed by atoms with Crippen LogP contribution in [0.2, 0.25) is 5.04 Å². The van der Waals surface area contributed by atoms with Crippen LogP contribution >= 0.6 is 11.3 Å². The van der Waals surface area contributed by atoms with E-state index in [1.54, 1.807) is 11.3 Å². The lowest BCUT2D eigenvalue weighted by Gasteiger charge is -2.45. The molecule has 5 rings (SSSR count). The van der Waals surface area contributed by atoms with Crippen molar-refractivity contribution in [1.82, 2.24) is 0 Å². The third-order valence-electron chi connectivity index (χ3n) is 9.62. The molecular formula is C39H48O5SSi. The molecule has 1 fully saturated rings. The first kappa shape index (κ1) is 34.3. The zero-order chi connectivity index (χ0) is 32.7. The maximum absolute atomic E-state index is 11.2. The van der Waals surface area contributed by atoms with Gasteiger partial charge in [-0.3, -0.25) is 4.79 Å². The van der Waals surface area contributed by atoms with E-state index in [-0.39, 0.29) is 29.4 Å². The molecule has 0 radical (unpaired) electrons. The van der Waals surface area contributed by atoms with Gasteiger partial charge in [0.15, 0.2) is 0 Å². The maximum atomic E-state index is 11.2. The molecular weight excluding hydrogens is 609 g/mol. The van der Waals surface area contributed by atoms with E-state index in [4.69, 9.17) is 9.53 Å². The van der Waals surface area contributed by atoms with Gasteiger partial charge in [0.2, 0.25) is 0 Å². The normalized spacial score (nSPS) is 21.2. The summed E-state index contributed by atoms with van der Waals surface area (Å²) in [5, 5.41) is 34.6. The molecule has 1 aliphatic carbocycles. The highest BCUT2D eigenvalue weighted by molar-refractivity contribution is 7.19. The summed E-state index contributed by atoms with van der Waals surface area (Å²) in [7, 11) is -2.87. The largest absolute Gasteiger partial charge is 0.481 e. The van der Waals surface area contributed by atoms with Crippen molar-refractivity contribution in [3.63, 3.8) is 0 Å². The third-order valence-corrected chi connectivity index (χ3v) is 15.9. The van der Waals surface area contributed by atoms with Gasteiger partial charge < -0.3 is 19.7 Å². The van der Waals surface area contributed by atoms with E-state index >= 15 is 0 Å². The number of carboxylic acid groups (broad SMARTS) is 1. The van der Waals surface area contributed by atoms with Crippen molar-refractivity contribution in [2.24, 2.45) is 11.8 Å². The Morgan fingerprint density at radius 1 is 0.913 bits per heavy atom. The summed E-state index contributed by atoms with van der Waals surface area (Å²) in [4.78, 5) is 12.0. The fraction of sp³-hybridized carbons (Fsp3) is 0.410. The molecule has 0 amide bonds. The van der Waals surface area contributed by atoms with Crippen molar-refractivity contribution in [2.75, 3.05) is 0 Å². The molecule has 1 aromatic heterocycles. The first-order valence-corrected chi connectivity index (χ1v) is 19.3. The van der Waals surface area contributed by atoms with Crippen LogP contribution in [0.15, 0.2) is 103 Å². The second-order valence-electron chi connectivity index (χ2n) is 13.7. The molecule has 0 aliphatic heterocycles. The predicted molar refractivity (Wildman–Crippen MR) is 191 cm³/mol. The molecule has 5 atom stereocenters. The van der Waals surface area contributed by atoms with E-state index in [9.17, 15) is 15.0 Å². The van der Waals surface area contributed by atoms with Crippen LogP contribution in [0.25, 0.3) is 10.1 Å². The Labute approximate surface area is 278 Å². The van der Waals surface area contributed by atoms with Crippen LogP contribution < -0.4 is 10.4 Å². The highest BCUT2D eigenvalue weighted by Crippen LogP contribution is 2.45. The lowest BCUT2D eigenvalue weighted by atomic mass is 9.86. The number of benzene rings is 3. The van der Waals surface area contributed by atoms with Crippen molar-refractivity contribution in [1.29, 1.82) is 0 Å². The lowest BCUT2D eigenvalue weighted by molar-refractivity contribution is -0.137. The summed E-state index contributed by atoms with van der Waals surface area (Å²) in [6.07, 6.45) is 6.70. The number of carboxylic acids is 1. The number of unbranched alkanes of at least 4 members (excludes halogenated alkanes) is 1. The second kappa shape index (κ2) is 15.2. The van der Waals surface area contributed by atoms with E-state index in [0.29, 0.717) is 25.7 Å². The number of hydrogen-bond acceptors (Lipinski definition) is 5. The Kier molecular flexibility index (Phi) is 11.3. The highest BCUT2D eigenvalue weighted by Gasteiger charge is 2.52. The standard InChI is InChI=1S/C39H48O5SSi/c1-39(2,3)46(29-17-8-6-9-18-29,30-19-10-7-11-20-30)44-35(37-26-28-16-14-15-22-36(28)45-37)25-24-32-31(33(40)27-34(32)41)21-12-4-5-13-23-38(42)43/h4,6-12,14-20,22,26,31-35,40-41H,5,13,21,23-25,27H2,1-3H3,(H,42,43)/t31-,32-,33+,34-,35-/m1/s1. The summed E-state index contributed by atoms with van der Waals surface area (Å²) >= 11 is 1.79.